The number of halogens is 1. The molecule has 27 heavy (non-hydrogen) atoms. The highest BCUT2D eigenvalue weighted by Gasteiger charge is 2.40. The Morgan fingerprint density at radius 2 is 1.89 bits per heavy atom. The lowest BCUT2D eigenvalue weighted by Crippen LogP contribution is -2.37. The molecule has 1 aromatic carbocycles. The van der Waals surface area contributed by atoms with Gasteiger partial charge in [0.05, 0.1) is 5.92 Å². The Hall–Kier alpha value is -2.58. The number of hydrogen-bond acceptors (Lipinski definition) is 5. The molecule has 2 bridgehead atoms. The highest BCUT2D eigenvalue weighted by molar-refractivity contribution is 6.28. The van der Waals surface area contributed by atoms with Gasteiger partial charge in [-0.05, 0) is 60.8 Å². The van der Waals surface area contributed by atoms with E-state index in [2.05, 4.69) is 27.3 Å². The van der Waals surface area contributed by atoms with Crippen molar-refractivity contribution in [3.05, 3.63) is 52.9 Å². The third-order valence-electron chi connectivity index (χ3n) is 5.41. The lowest BCUT2D eigenvalue weighted by molar-refractivity contribution is -0.151. The van der Waals surface area contributed by atoms with Crippen LogP contribution in [-0.2, 0) is 9.63 Å². The van der Waals surface area contributed by atoms with E-state index >= 15 is 0 Å². The van der Waals surface area contributed by atoms with E-state index < -0.39 is 0 Å². The number of anilines is 1. The van der Waals surface area contributed by atoms with E-state index in [4.69, 9.17) is 16.4 Å². The average molecular weight is 382 g/mol. The van der Waals surface area contributed by atoms with Crippen LogP contribution in [0, 0.1) is 29.6 Å². The van der Waals surface area contributed by atoms with Crippen LogP contribution in [0.15, 0.2) is 36.4 Å². The summed E-state index contributed by atoms with van der Waals surface area (Å²) in [5, 5.41) is 0.0464. The molecule has 3 aliphatic rings. The molecule has 3 fully saturated rings. The number of nitrogens with zero attached hydrogens (tertiary/aromatic N) is 2. The summed E-state index contributed by atoms with van der Waals surface area (Å²) < 4.78 is 0. The third kappa shape index (κ3) is 4.40. The fourth-order valence-corrected chi connectivity index (χ4v) is 4.22. The van der Waals surface area contributed by atoms with Crippen molar-refractivity contribution in [1.82, 2.24) is 9.97 Å². The number of hydrogen-bond donors (Lipinski definition) is 1. The first kappa shape index (κ1) is 17.8. The predicted molar refractivity (Wildman–Crippen MR) is 103 cm³/mol. The minimum atomic E-state index is -0.212. The lowest BCUT2D eigenvalue weighted by Gasteiger charge is -2.40. The van der Waals surface area contributed by atoms with Gasteiger partial charge in [0.1, 0.15) is 5.69 Å². The quantitative estimate of drug-likeness (QED) is 0.489. The van der Waals surface area contributed by atoms with Crippen molar-refractivity contribution in [3.8, 4) is 11.8 Å². The van der Waals surface area contributed by atoms with Crippen molar-refractivity contribution >= 4 is 23.4 Å². The molecule has 2 aromatic rings. The van der Waals surface area contributed by atoms with Crippen LogP contribution in [0.4, 0.5) is 5.82 Å². The maximum atomic E-state index is 12.5. The number of benzene rings is 1. The second-order valence-corrected chi connectivity index (χ2v) is 7.51. The summed E-state index contributed by atoms with van der Waals surface area (Å²) in [7, 11) is 0. The summed E-state index contributed by atoms with van der Waals surface area (Å²) in [6, 6.07) is 11.2. The molecule has 1 aromatic heterocycles. The highest BCUT2D eigenvalue weighted by Crippen LogP contribution is 2.45. The fourth-order valence-electron chi connectivity index (χ4n) is 4.04. The Morgan fingerprint density at radius 3 is 2.59 bits per heavy atom. The van der Waals surface area contributed by atoms with Gasteiger partial charge in [-0.2, -0.15) is 4.98 Å². The van der Waals surface area contributed by atoms with Gasteiger partial charge in [-0.25, -0.2) is 15.3 Å². The van der Waals surface area contributed by atoms with Gasteiger partial charge in [0, 0.05) is 11.6 Å². The Labute approximate surface area is 163 Å². The second kappa shape index (κ2) is 7.98. The summed E-state index contributed by atoms with van der Waals surface area (Å²) in [6.45, 7) is 0. The van der Waals surface area contributed by atoms with E-state index in [0.717, 1.165) is 24.8 Å². The molecule has 1 atom stereocenters. The normalized spacial score (nSPS) is 23.2. The monoisotopic (exact) mass is 381 g/mol. The molecule has 6 heteroatoms. The minimum Gasteiger partial charge on any atom is -0.342 e. The fraction of sp³-hybridized carbons (Fsp3) is 0.381. The minimum absolute atomic E-state index is 0.0142. The van der Waals surface area contributed by atoms with Gasteiger partial charge in [0.25, 0.3) is 0 Å². The zero-order chi connectivity index (χ0) is 18.6. The van der Waals surface area contributed by atoms with Gasteiger partial charge in [-0.3, -0.25) is 0 Å². The molecule has 0 aliphatic heterocycles. The summed E-state index contributed by atoms with van der Waals surface area (Å²) in [4.78, 5) is 25.9. The summed E-state index contributed by atoms with van der Waals surface area (Å²) in [5.41, 5.74) is 3.96. The molecule has 1 N–H and O–H groups in total. The zero-order valence-corrected chi connectivity index (χ0v) is 15.6. The Balaban J connectivity index is 1.41. The first-order chi connectivity index (χ1) is 13.2. The van der Waals surface area contributed by atoms with Crippen LogP contribution in [0.5, 0.6) is 0 Å². The van der Waals surface area contributed by atoms with Gasteiger partial charge in [-0.1, -0.05) is 37.0 Å². The standard InChI is InChI=1S/C21H20ClN3O2/c22-21-23-17(11-8-14-4-2-1-3-5-14)13-19(24-21)25-27-20(26)18-12-15-6-9-16(18)10-7-15/h1-5,13,15-16,18H,6-7,9-10,12H2,(H,23,24,25). The highest BCUT2D eigenvalue weighted by atomic mass is 35.5. The number of carbonyl (C=O) groups excluding carboxylic acids is 1. The molecule has 0 amide bonds. The van der Waals surface area contributed by atoms with E-state index in [0.29, 0.717) is 23.3 Å². The largest absolute Gasteiger partial charge is 0.342 e. The van der Waals surface area contributed by atoms with Crippen molar-refractivity contribution in [2.24, 2.45) is 17.8 Å². The molecule has 138 valence electrons. The van der Waals surface area contributed by atoms with E-state index in [1.54, 1.807) is 6.07 Å². The van der Waals surface area contributed by atoms with Crippen molar-refractivity contribution in [3.63, 3.8) is 0 Å². The van der Waals surface area contributed by atoms with E-state index in [1.165, 1.54) is 12.8 Å². The summed E-state index contributed by atoms with van der Waals surface area (Å²) >= 11 is 5.98. The van der Waals surface area contributed by atoms with Crippen LogP contribution >= 0.6 is 11.6 Å². The number of aromatic nitrogens is 2. The molecular weight excluding hydrogens is 362 g/mol. The molecule has 0 spiro atoms. The average Bonchev–Trinajstić information content (AvgIpc) is 2.72. The van der Waals surface area contributed by atoms with Gasteiger partial charge in [-0.15, -0.1) is 0 Å². The Kier molecular flexibility index (Phi) is 5.26. The van der Waals surface area contributed by atoms with Crippen LogP contribution in [-0.4, -0.2) is 15.9 Å². The van der Waals surface area contributed by atoms with Gasteiger partial charge >= 0.3 is 5.97 Å². The van der Waals surface area contributed by atoms with Crippen LogP contribution in [0.1, 0.15) is 43.4 Å². The summed E-state index contributed by atoms with van der Waals surface area (Å²) in [6.07, 6.45) is 5.68. The topological polar surface area (TPSA) is 64.1 Å². The van der Waals surface area contributed by atoms with Crippen molar-refractivity contribution in [1.29, 1.82) is 0 Å². The molecule has 1 unspecified atom stereocenters. The van der Waals surface area contributed by atoms with E-state index in [1.807, 2.05) is 30.3 Å². The Morgan fingerprint density at radius 1 is 1.11 bits per heavy atom. The lowest BCUT2D eigenvalue weighted by atomic mass is 9.65. The van der Waals surface area contributed by atoms with Crippen LogP contribution in [0.2, 0.25) is 5.28 Å². The second-order valence-electron chi connectivity index (χ2n) is 7.17. The first-order valence-corrected chi connectivity index (χ1v) is 9.63. The molecule has 1 heterocycles. The molecule has 3 saturated carbocycles. The predicted octanol–water partition coefficient (Wildman–Crippen LogP) is 4.23. The van der Waals surface area contributed by atoms with Crippen LogP contribution < -0.4 is 5.48 Å². The van der Waals surface area contributed by atoms with E-state index in [9.17, 15) is 4.79 Å². The SMILES string of the molecule is O=C(ONc1cc(C#Cc2ccccc2)nc(Cl)n1)C1CC2CCC1CC2. The van der Waals surface area contributed by atoms with Crippen molar-refractivity contribution in [2.75, 3.05) is 5.48 Å². The molecule has 3 aliphatic carbocycles. The number of rotatable bonds is 3. The van der Waals surface area contributed by atoms with Gasteiger partial charge < -0.3 is 4.84 Å². The summed E-state index contributed by atoms with van der Waals surface area (Å²) in [5.74, 6) is 7.18. The number of fused-ring (bicyclic) bond motifs is 3. The van der Waals surface area contributed by atoms with Crippen molar-refractivity contribution in [2.45, 2.75) is 32.1 Å². The molecular formula is C21H20ClN3O2. The van der Waals surface area contributed by atoms with Crippen LogP contribution in [0.3, 0.4) is 0 Å². The third-order valence-corrected chi connectivity index (χ3v) is 5.58. The smallest absolute Gasteiger partial charge is 0.335 e. The molecule has 0 saturated heterocycles. The Bertz CT molecular complexity index is 883. The van der Waals surface area contributed by atoms with Crippen molar-refractivity contribution < 1.29 is 9.63 Å². The number of nitrogens with one attached hydrogen (secondary N) is 1. The molecule has 0 radical (unpaired) electrons. The maximum absolute atomic E-state index is 12.5. The van der Waals surface area contributed by atoms with Crippen LogP contribution in [0.25, 0.3) is 0 Å². The first-order valence-electron chi connectivity index (χ1n) is 9.26. The molecule has 5 nitrogen and oxygen atoms in total. The number of carbonyl (C=O) groups is 1. The van der Waals surface area contributed by atoms with E-state index in [-0.39, 0.29) is 17.2 Å². The zero-order valence-electron chi connectivity index (χ0n) is 14.8. The maximum Gasteiger partial charge on any atom is 0.335 e. The van der Waals surface area contributed by atoms with Gasteiger partial charge in [0.2, 0.25) is 5.28 Å². The molecule has 5 rings (SSSR count). The van der Waals surface area contributed by atoms with Gasteiger partial charge in [0.15, 0.2) is 5.82 Å².